The summed E-state index contributed by atoms with van der Waals surface area (Å²) in [6.07, 6.45) is 3.22. The molecule has 20 heavy (non-hydrogen) atoms. The van der Waals surface area contributed by atoms with E-state index >= 15 is 0 Å². The summed E-state index contributed by atoms with van der Waals surface area (Å²) in [5.41, 5.74) is 3.81. The first kappa shape index (κ1) is 15.6. The monoisotopic (exact) mass is 293 g/mol. The van der Waals surface area contributed by atoms with Gasteiger partial charge in [0.05, 0.1) is 0 Å². The van der Waals surface area contributed by atoms with Gasteiger partial charge in [0.2, 0.25) is 0 Å². The van der Waals surface area contributed by atoms with Crippen LogP contribution in [0.1, 0.15) is 38.4 Å². The molecule has 2 heterocycles. The van der Waals surface area contributed by atoms with Gasteiger partial charge in [-0.05, 0) is 26.0 Å². The molecule has 1 aromatic heterocycles. The van der Waals surface area contributed by atoms with Crippen molar-refractivity contribution in [1.29, 1.82) is 0 Å². The molecule has 1 aliphatic rings. The number of aryl methyl sites for hydroxylation is 1. The maximum atomic E-state index is 4.48. The second-order valence-electron chi connectivity index (χ2n) is 5.79. The van der Waals surface area contributed by atoms with E-state index in [1.165, 1.54) is 17.7 Å². The van der Waals surface area contributed by atoms with Crippen molar-refractivity contribution >= 4 is 17.4 Å². The number of anilines is 1. The zero-order chi connectivity index (χ0) is 14.5. The quantitative estimate of drug-likeness (QED) is 0.844. The number of hydrogen-bond acceptors (Lipinski definition) is 4. The van der Waals surface area contributed by atoms with Gasteiger partial charge < -0.3 is 10.2 Å². The van der Waals surface area contributed by atoms with Gasteiger partial charge in [-0.25, -0.2) is 0 Å². The van der Waals surface area contributed by atoms with Gasteiger partial charge in [-0.1, -0.05) is 20.8 Å². The lowest BCUT2D eigenvalue weighted by Gasteiger charge is -2.37. The molecule has 0 aromatic carbocycles. The van der Waals surface area contributed by atoms with Crippen LogP contribution in [0.25, 0.3) is 0 Å². The maximum Gasteiger partial charge on any atom is 0.0446 e. The van der Waals surface area contributed by atoms with E-state index in [0.29, 0.717) is 10.5 Å². The van der Waals surface area contributed by atoms with Crippen LogP contribution in [0.4, 0.5) is 5.69 Å². The summed E-state index contributed by atoms with van der Waals surface area (Å²) in [6.45, 7) is 13.2. The zero-order valence-corrected chi connectivity index (χ0v) is 14.0. The second kappa shape index (κ2) is 7.32. The van der Waals surface area contributed by atoms with Crippen molar-refractivity contribution in [2.75, 3.05) is 24.5 Å². The van der Waals surface area contributed by atoms with Crippen LogP contribution in [0.2, 0.25) is 0 Å². The average molecular weight is 293 g/mol. The van der Waals surface area contributed by atoms with Crippen LogP contribution in [0.5, 0.6) is 0 Å². The molecule has 1 aliphatic heterocycles. The molecular weight excluding hydrogens is 266 g/mol. The normalized spacial score (nSPS) is 23.1. The van der Waals surface area contributed by atoms with Crippen LogP contribution in [-0.4, -0.2) is 35.1 Å². The van der Waals surface area contributed by atoms with Gasteiger partial charge in [-0.2, -0.15) is 11.8 Å². The van der Waals surface area contributed by atoms with E-state index < -0.39 is 0 Å². The Hall–Kier alpha value is -0.740. The van der Waals surface area contributed by atoms with Crippen LogP contribution in [0.15, 0.2) is 12.3 Å². The largest absolute Gasteiger partial charge is 0.369 e. The Labute approximate surface area is 127 Å². The van der Waals surface area contributed by atoms with Crippen molar-refractivity contribution in [1.82, 2.24) is 10.3 Å². The van der Waals surface area contributed by atoms with Crippen LogP contribution >= 0.6 is 11.8 Å². The number of nitrogens with zero attached hydrogens (tertiary/aromatic N) is 2. The Kier molecular flexibility index (Phi) is 5.73. The molecule has 2 atom stereocenters. The van der Waals surface area contributed by atoms with Gasteiger partial charge >= 0.3 is 0 Å². The molecule has 1 N–H and O–H groups in total. The van der Waals surface area contributed by atoms with Gasteiger partial charge in [0.25, 0.3) is 0 Å². The molecule has 2 unspecified atom stereocenters. The Morgan fingerprint density at radius 2 is 2.05 bits per heavy atom. The van der Waals surface area contributed by atoms with E-state index in [4.69, 9.17) is 0 Å². The molecule has 0 bridgehead atoms. The molecule has 0 saturated carbocycles. The van der Waals surface area contributed by atoms with Gasteiger partial charge in [0.15, 0.2) is 0 Å². The van der Waals surface area contributed by atoms with Crippen molar-refractivity contribution in [3.63, 3.8) is 0 Å². The minimum atomic E-state index is 0.698. The topological polar surface area (TPSA) is 28.2 Å². The van der Waals surface area contributed by atoms with Crippen molar-refractivity contribution in [3.05, 3.63) is 23.5 Å². The molecule has 1 saturated heterocycles. The molecule has 4 heteroatoms. The molecule has 1 fully saturated rings. The molecule has 0 aliphatic carbocycles. The number of rotatable bonds is 5. The minimum Gasteiger partial charge on any atom is -0.369 e. The lowest BCUT2D eigenvalue weighted by Crippen LogP contribution is -2.41. The molecule has 0 radical (unpaired) electrons. The Balaban J connectivity index is 2.17. The van der Waals surface area contributed by atoms with Gasteiger partial charge in [0, 0.05) is 53.3 Å². The summed E-state index contributed by atoms with van der Waals surface area (Å²) in [4.78, 5) is 7.02. The molecule has 2 rings (SSSR count). The third-order valence-corrected chi connectivity index (χ3v) is 4.83. The SMILES string of the molecule is CCCNCc1cnc(C)cc1N1CC(C)SC(C)C1. The number of aromatic nitrogens is 1. The highest BCUT2D eigenvalue weighted by Gasteiger charge is 2.24. The lowest BCUT2D eigenvalue weighted by atomic mass is 10.1. The smallest absolute Gasteiger partial charge is 0.0446 e. The van der Waals surface area contributed by atoms with E-state index in [-0.39, 0.29) is 0 Å². The fourth-order valence-electron chi connectivity index (χ4n) is 2.78. The highest BCUT2D eigenvalue weighted by molar-refractivity contribution is 8.00. The Morgan fingerprint density at radius 3 is 2.70 bits per heavy atom. The van der Waals surface area contributed by atoms with Crippen LogP contribution in [-0.2, 0) is 6.54 Å². The Bertz CT molecular complexity index is 426. The lowest BCUT2D eigenvalue weighted by molar-refractivity contribution is 0.665. The number of nitrogens with one attached hydrogen (secondary N) is 1. The fourth-order valence-corrected chi connectivity index (χ4v) is 4.10. The molecule has 112 valence electrons. The Morgan fingerprint density at radius 1 is 1.35 bits per heavy atom. The first-order valence-corrected chi connectivity index (χ1v) is 8.61. The first-order valence-electron chi connectivity index (χ1n) is 7.66. The van der Waals surface area contributed by atoms with Crippen molar-refractivity contribution in [3.8, 4) is 0 Å². The fraction of sp³-hybridized carbons (Fsp3) is 0.688. The van der Waals surface area contributed by atoms with Crippen LogP contribution in [0, 0.1) is 6.92 Å². The predicted molar refractivity (Wildman–Crippen MR) is 89.7 cm³/mol. The van der Waals surface area contributed by atoms with E-state index in [1.54, 1.807) is 0 Å². The first-order chi connectivity index (χ1) is 9.60. The summed E-state index contributed by atoms with van der Waals surface area (Å²) in [6, 6.07) is 2.25. The third-order valence-electron chi connectivity index (χ3n) is 3.60. The van der Waals surface area contributed by atoms with Crippen LogP contribution in [0.3, 0.4) is 0 Å². The number of pyridine rings is 1. The van der Waals surface area contributed by atoms with Crippen molar-refractivity contribution in [2.45, 2.75) is 51.2 Å². The zero-order valence-electron chi connectivity index (χ0n) is 13.1. The van der Waals surface area contributed by atoms with E-state index in [2.05, 4.69) is 60.7 Å². The summed E-state index contributed by atoms with van der Waals surface area (Å²) in [5.74, 6) is 0. The van der Waals surface area contributed by atoms with Crippen molar-refractivity contribution < 1.29 is 0 Å². The molecule has 0 amide bonds. The van der Waals surface area contributed by atoms with E-state index in [0.717, 1.165) is 31.9 Å². The van der Waals surface area contributed by atoms with Gasteiger partial charge in [0.1, 0.15) is 0 Å². The molecule has 0 spiro atoms. The van der Waals surface area contributed by atoms with E-state index in [1.807, 2.05) is 6.20 Å². The van der Waals surface area contributed by atoms with Crippen LogP contribution < -0.4 is 10.2 Å². The predicted octanol–water partition coefficient (Wildman–Crippen LogP) is 3.22. The maximum absolute atomic E-state index is 4.48. The standard InChI is InChI=1S/C16H27N3S/c1-5-6-17-8-15-9-18-12(2)7-16(15)19-10-13(3)20-14(4)11-19/h7,9,13-14,17H,5-6,8,10-11H2,1-4H3. The van der Waals surface area contributed by atoms with Crippen molar-refractivity contribution in [2.24, 2.45) is 0 Å². The van der Waals surface area contributed by atoms with E-state index in [9.17, 15) is 0 Å². The summed E-state index contributed by atoms with van der Waals surface area (Å²) >= 11 is 2.10. The number of hydrogen-bond donors (Lipinski definition) is 1. The minimum absolute atomic E-state index is 0.698. The third kappa shape index (κ3) is 4.13. The average Bonchev–Trinajstić information content (AvgIpc) is 2.39. The highest BCUT2D eigenvalue weighted by atomic mass is 32.2. The number of thioether (sulfide) groups is 1. The molecule has 3 nitrogen and oxygen atoms in total. The summed E-state index contributed by atoms with van der Waals surface area (Å²) in [7, 11) is 0. The molecule has 1 aromatic rings. The summed E-state index contributed by atoms with van der Waals surface area (Å²) < 4.78 is 0. The molecular formula is C16H27N3S. The van der Waals surface area contributed by atoms with Gasteiger partial charge in [-0.3, -0.25) is 4.98 Å². The second-order valence-corrected chi connectivity index (χ2v) is 7.68. The van der Waals surface area contributed by atoms with Gasteiger partial charge in [-0.15, -0.1) is 0 Å². The highest BCUT2D eigenvalue weighted by Crippen LogP contribution is 2.30. The summed E-state index contributed by atoms with van der Waals surface area (Å²) in [5, 5.41) is 4.90.